The van der Waals surface area contributed by atoms with E-state index in [2.05, 4.69) is 0 Å². The second kappa shape index (κ2) is 6.66. The van der Waals surface area contributed by atoms with Crippen LogP contribution >= 0.6 is 0 Å². The Labute approximate surface area is 152 Å². The molecule has 27 heavy (non-hydrogen) atoms. The highest BCUT2D eigenvalue weighted by molar-refractivity contribution is 7.90. The van der Waals surface area contributed by atoms with Crippen molar-refractivity contribution in [3.8, 4) is 0 Å². The van der Waals surface area contributed by atoms with E-state index in [0.29, 0.717) is 0 Å². The summed E-state index contributed by atoms with van der Waals surface area (Å²) in [6, 6.07) is 13.0. The number of ketones is 1. The van der Waals surface area contributed by atoms with Crippen LogP contribution in [-0.2, 0) is 19.6 Å². The van der Waals surface area contributed by atoms with Gasteiger partial charge in [0.25, 0.3) is 15.8 Å². The highest BCUT2D eigenvalue weighted by Crippen LogP contribution is 2.33. The third kappa shape index (κ3) is 3.25. The molecule has 0 spiro atoms. The van der Waals surface area contributed by atoms with E-state index in [1.807, 2.05) is 0 Å². The number of fused-ring (bicyclic) bond motifs is 1. The Balaban J connectivity index is 2.27. The normalized spacial score (nSPS) is 13.4. The summed E-state index contributed by atoms with van der Waals surface area (Å²) in [6.07, 6.45) is -4.46. The Morgan fingerprint density at radius 2 is 1.59 bits per heavy atom. The lowest BCUT2D eigenvalue weighted by Crippen LogP contribution is -2.30. The molecular weight excluding hydrogens is 383 g/mol. The molecule has 1 aromatic heterocycles. The minimum atomic E-state index is -5.23. The predicted molar refractivity (Wildman–Crippen MR) is 90.8 cm³/mol. The summed E-state index contributed by atoms with van der Waals surface area (Å²) in [4.78, 5) is 22.9. The summed E-state index contributed by atoms with van der Waals surface area (Å²) in [7, 11) is -4.14. The number of halogens is 3. The molecule has 1 unspecified atom stereocenters. The van der Waals surface area contributed by atoms with Crippen molar-refractivity contribution >= 4 is 33.0 Å². The van der Waals surface area contributed by atoms with Gasteiger partial charge in [-0.2, -0.15) is 13.2 Å². The van der Waals surface area contributed by atoms with Gasteiger partial charge < -0.3 is 4.79 Å². The van der Waals surface area contributed by atoms with Crippen LogP contribution in [0.15, 0.2) is 65.7 Å². The third-order valence-corrected chi connectivity index (χ3v) is 5.73. The number of alkyl halides is 3. The van der Waals surface area contributed by atoms with E-state index in [-0.39, 0.29) is 27.6 Å². The first kappa shape index (κ1) is 18.8. The van der Waals surface area contributed by atoms with Crippen molar-refractivity contribution in [1.82, 2.24) is 3.97 Å². The van der Waals surface area contributed by atoms with Crippen LogP contribution in [0.5, 0.6) is 0 Å². The molecule has 0 aliphatic heterocycles. The molecule has 140 valence electrons. The molecule has 3 aromatic rings. The molecular formula is C18H12F3NO4S. The van der Waals surface area contributed by atoms with E-state index in [1.54, 1.807) is 6.07 Å². The molecule has 1 atom stereocenters. The van der Waals surface area contributed by atoms with Crippen LogP contribution in [0.25, 0.3) is 10.9 Å². The fraction of sp³-hybridized carbons (Fsp3) is 0.111. The number of para-hydroxylation sites is 1. The number of benzene rings is 2. The van der Waals surface area contributed by atoms with Gasteiger partial charge in [0, 0.05) is 11.6 Å². The van der Waals surface area contributed by atoms with Gasteiger partial charge in [-0.3, -0.25) is 4.79 Å². The number of carbonyl (C=O) groups is 2. The maximum absolute atomic E-state index is 12.9. The van der Waals surface area contributed by atoms with Crippen LogP contribution < -0.4 is 0 Å². The van der Waals surface area contributed by atoms with Crippen LogP contribution in [0.4, 0.5) is 13.2 Å². The highest BCUT2D eigenvalue weighted by Gasteiger charge is 2.45. The molecule has 2 aromatic carbocycles. The Hall–Kier alpha value is -2.94. The van der Waals surface area contributed by atoms with Crippen LogP contribution in [0.1, 0.15) is 11.5 Å². The minimum absolute atomic E-state index is 0.0678. The first-order valence-electron chi connectivity index (χ1n) is 7.65. The maximum atomic E-state index is 12.9. The van der Waals surface area contributed by atoms with Crippen molar-refractivity contribution < 1.29 is 31.2 Å². The lowest BCUT2D eigenvalue weighted by molar-refractivity contribution is -0.172. The van der Waals surface area contributed by atoms with Crippen LogP contribution in [0.3, 0.4) is 0 Å². The van der Waals surface area contributed by atoms with E-state index >= 15 is 0 Å². The van der Waals surface area contributed by atoms with Crippen LogP contribution in [-0.4, -0.2) is 30.6 Å². The summed E-state index contributed by atoms with van der Waals surface area (Å²) in [5, 5.41) is 0.0757. The van der Waals surface area contributed by atoms with Crippen LogP contribution in [0.2, 0.25) is 0 Å². The minimum Gasteiger partial charge on any atom is -0.302 e. The average Bonchev–Trinajstić information content (AvgIpc) is 3.03. The zero-order chi connectivity index (χ0) is 19.8. The number of aldehydes is 1. The van der Waals surface area contributed by atoms with Gasteiger partial charge in [-0.25, -0.2) is 12.4 Å². The number of hydrogen-bond acceptors (Lipinski definition) is 4. The number of nitrogens with zero attached hydrogens (tertiary/aromatic N) is 1. The van der Waals surface area contributed by atoms with E-state index in [9.17, 15) is 31.2 Å². The van der Waals surface area contributed by atoms with Crippen molar-refractivity contribution in [3.63, 3.8) is 0 Å². The van der Waals surface area contributed by atoms with Gasteiger partial charge in [0.15, 0.2) is 0 Å². The zero-order valence-corrected chi connectivity index (χ0v) is 14.4. The van der Waals surface area contributed by atoms with Gasteiger partial charge >= 0.3 is 6.18 Å². The molecule has 5 nitrogen and oxygen atoms in total. The van der Waals surface area contributed by atoms with Gasteiger partial charge in [-0.15, -0.1) is 0 Å². The second-order valence-corrected chi connectivity index (χ2v) is 7.51. The van der Waals surface area contributed by atoms with Crippen molar-refractivity contribution in [1.29, 1.82) is 0 Å². The van der Waals surface area contributed by atoms with E-state index in [4.69, 9.17) is 0 Å². The van der Waals surface area contributed by atoms with Crippen LogP contribution in [0, 0.1) is 0 Å². The number of hydrogen-bond donors (Lipinski definition) is 0. The van der Waals surface area contributed by atoms with Crippen molar-refractivity contribution in [2.24, 2.45) is 0 Å². The maximum Gasteiger partial charge on any atom is 0.451 e. The molecule has 1 heterocycles. The van der Waals surface area contributed by atoms with Crippen molar-refractivity contribution in [2.45, 2.75) is 17.0 Å². The summed E-state index contributed by atoms with van der Waals surface area (Å²) in [5.41, 5.74) is -0.249. The number of Topliss-reactive ketones (excluding diaryl/α,β-unsaturated/α-hetero) is 1. The lowest BCUT2D eigenvalue weighted by Gasteiger charge is -2.11. The number of rotatable bonds is 5. The highest BCUT2D eigenvalue weighted by atomic mass is 32.2. The summed E-state index contributed by atoms with van der Waals surface area (Å²) in [5.74, 6) is -4.40. The SMILES string of the molecule is O=CC(C(=O)C(F)(F)F)c1cn(S(=O)(=O)c2ccccc2)c2ccccc12. The number of carbonyl (C=O) groups excluding carboxylic acids is 2. The standard InChI is InChI=1S/C18H12F3NO4S/c19-18(20,21)17(24)15(11-23)14-10-22(16-9-5-4-8-13(14)16)27(25,26)12-6-2-1-3-7-12/h1-11,15H. The van der Waals surface area contributed by atoms with Crippen molar-refractivity contribution in [2.75, 3.05) is 0 Å². The summed E-state index contributed by atoms with van der Waals surface area (Å²) < 4.78 is 65.1. The zero-order valence-electron chi connectivity index (χ0n) is 13.6. The topological polar surface area (TPSA) is 73.2 Å². The summed E-state index contributed by atoms with van der Waals surface area (Å²) in [6.45, 7) is 0. The van der Waals surface area contributed by atoms with E-state index < -0.39 is 27.9 Å². The molecule has 0 amide bonds. The average molecular weight is 395 g/mol. The van der Waals surface area contributed by atoms with E-state index in [1.165, 1.54) is 48.5 Å². The quantitative estimate of drug-likeness (QED) is 0.491. The predicted octanol–water partition coefficient (Wildman–Crippen LogP) is 3.29. The first-order chi connectivity index (χ1) is 12.7. The Bertz CT molecular complexity index is 1120. The molecule has 0 radical (unpaired) electrons. The Morgan fingerprint density at radius 1 is 1.00 bits per heavy atom. The molecule has 3 rings (SSSR count). The molecule has 0 saturated carbocycles. The fourth-order valence-corrected chi connectivity index (χ4v) is 4.18. The van der Waals surface area contributed by atoms with Gasteiger partial charge in [0.2, 0.25) is 0 Å². The van der Waals surface area contributed by atoms with Gasteiger partial charge in [-0.05, 0) is 23.8 Å². The van der Waals surface area contributed by atoms with E-state index in [0.717, 1.165) is 10.2 Å². The molecule has 0 saturated heterocycles. The second-order valence-electron chi connectivity index (χ2n) is 5.69. The smallest absolute Gasteiger partial charge is 0.302 e. The molecule has 0 bridgehead atoms. The molecule has 0 aliphatic rings. The fourth-order valence-electron chi connectivity index (χ4n) is 2.78. The molecule has 0 fully saturated rings. The lowest BCUT2D eigenvalue weighted by atomic mass is 9.95. The van der Waals surface area contributed by atoms with Gasteiger partial charge in [0.1, 0.15) is 12.2 Å². The molecule has 0 aliphatic carbocycles. The molecule has 9 heteroatoms. The summed E-state index contributed by atoms with van der Waals surface area (Å²) >= 11 is 0. The first-order valence-corrected chi connectivity index (χ1v) is 9.09. The monoisotopic (exact) mass is 395 g/mol. The largest absolute Gasteiger partial charge is 0.451 e. The van der Waals surface area contributed by atoms with Gasteiger partial charge in [-0.1, -0.05) is 36.4 Å². The number of aromatic nitrogens is 1. The molecule has 0 N–H and O–H groups in total. The Kier molecular flexibility index (Phi) is 4.64. The Morgan fingerprint density at radius 3 is 2.19 bits per heavy atom. The van der Waals surface area contributed by atoms with Crippen molar-refractivity contribution in [3.05, 3.63) is 66.4 Å². The van der Waals surface area contributed by atoms with Gasteiger partial charge in [0.05, 0.1) is 10.4 Å². The third-order valence-electron chi connectivity index (χ3n) is 4.04.